The lowest BCUT2D eigenvalue weighted by Crippen LogP contribution is -2.57. The Morgan fingerprint density at radius 3 is 2.49 bits per heavy atom. The number of hydrogen-bond donors (Lipinski definition) is 5. The van der Waals surface area contributed by atoms with E-state index in [-0.39, 0.29) is 18.2 Å². The maximum Gasteiger partial charge on any atom is 0.317 e. The van der Waals surface area contributed by atoms with Crippen LogP contribution >= 0.6 is 0 Å². The van der Waals surface area contributed by atoms with Gasteiger partial charge in [0.2, 0.25) is 11.7 Å². The van der Waals surface area contributed by atoms with Gasteiger partial charge in [-0.1, -0.05) is 37.1 Å². The molecule has 5 amide bonds. The number of amides is 5. The number of benzene rings is 2. The second-order valence-corrected chi connectivity index (χ2v) is 10.2. The number of rotatable bonds is 12. The van der Waals surface area contributed by atoms with Crippen LogP contribution in [0.3, 0.4) is 0 Å². The maximum atomic E-state index is 13.5. The quantitative estimate of drug-likeness (QED) is 0.212. The van der Waals surface area contributed by atoms with Gasteiger partial charge in [0, 0.05) is 29.7 Å². The van der Waals surface area contributed by atoms with E-state index < -0.39 is 41.6 Å². The third-order valence-corrected chi connectivity index (χ3v) is 7.21. The summed E-state index contributed by atoms with van der Waals surface area (Å²) in [7, 11) is 1.54. The van der Waals surface area contributed by atoms with Crippen LogP contribution in [0.2, 0.25) is 0 Å². The van der Waals surface area contributed by atoms with E-state index in [2.05, 4.69) is 26.3 Å². The molecule has 1 aromatic heterocycles. The van der Waals surface area contributed by atoms with Crippen LogP contribution in [0.4, 0.5) is 10.5 Å². The number of nitrogens with zero attached hydrogens (tertiary/aromatic N) is 1. The highest BCUT2D eigenvalue weighted by Gasteiger charge is 2.36. The first-order valence-corrected chi connectivity index (χ1v) is 13.5. The summed E-state index contributed by atoms with van der Waals surface area (Å²) in [5.74, 6) is -2.06. The van der Waals surface area contributed by atoms with Crippen LogP contribution in [0, 0.1) is 5.92 Å². The third-order valence-electron chi connectivity index (χ3n) is 7.21. The molecule has 1 aliphatic heterocycles. The zero-order valence-electron chi connectivity index (χ0n) is 22.6. The number of urea groups is 1. The van der Waals surface area contributed by atoms with Crippen molar-refractivity contribution in [2.45, 2.75) is 31.3 Å². The van der Waals surface area contributed by atoms with Crippen molar-refractivity contribution in [2.24, 2.45) is 5.92 Å². The third kappa shape index (κ3) is 6.65. The number of ether oxygens (including phenoxy) is 1. The summed E-state index contributed by atoms with van der Waals surface area (Å²) >= 11 is 0. The van der Waals surface area contributed by atoms with Crippen LogP contribution in [0.25, 0.3) is 10.9 Å². The van der Waals surface area contributed by atoms with Crippen LogP contribution in [-0.4, -0.2) is 78.2 Å². The predicted molar refractivity (Wildman–Crippen MR) is 150 cm³/mol. The molecule has 2 fully saturated rings. The average Bonchev–Trinajstić information content (AvgIpc) is 3.53. The van der Waals surface area contributed by atoms with E-state index in [9.17, 15) is 24.0 Å². The molecule has 2 unspecified atom stereocenters. The fourth-order valence-electron chi connectivity index (χ4n) is 4.83. The zero-order chi connectivity index (χ0) is 28.9. The van der Waals surface area contributed by atoms with Gasteiger partial charge in [-0.25, -0.2) is 4.79 Å². The Morgan fingerprint density at radius 2 is 1.80 bits per heavy atom. The molecule has 0 radical (unpaired) electrons. The van der Waals surface area contributed by atoms with Gasteiger partial charge in [0.05, 0.1) is 13.7 Å². The van der Waals surface area contributed by atoms with Crippen molar-refractivity contribution >= 4 is 46.1 Å². The molecular formula is C29H32N6O6. The van der Waals surface area contributed by atoms with Gasteiger partial charge >= 0.3 is 6.03 Å². The Bertz CT molecular complexity index is 1470. The van der Waals surface area contributed by atoms with E-state index in [0.717, 1.165) is 18.2 Å². The highest BCUT2D eigenvalue weighted by atomic mass is 16.5. The highest BCUT2D eigenvalue weighted by molar-refractivity contribution is 6.42. The summed E-state index contributed by atoms with van der Waals surface area (Å²) < 4.78 is 5.37. The molecule has 5 N–H and O–H groups in total. The van der Waals surface area contributed by atoms with Gasteiger partial charge in [0.1, 0.15) is 23.5 Å². The van der Waals surface area contributed by atoms with E-state index >= 15 is 0 Å². The highest BCUT2D eigenvalue weighted by Crippen LogP contribution is 2.34. The minimum atomic E-state index is -1.31. The smallest absolute Gasteiger partial charge is 0.317 e. The Balaban J connectivity index is 1.32. The van der Waals surface area contributed by atoms with Gasteiger partial charge in [0.15, 0.2) is 0 Å². The van der Waals surface area contributed by atoms with Crippen molar-refractivity contribution in [3.05, 3.63) is 60.3 Å². The average molecular weight is 561 g/mol. The van der Waals surface area contributed by atoms with Crippen LogP contribution in [0.5, 0.6) is 5.75 Å². The first kappa shape index (κ1) is 27.7. The summed E-state index contributed by atoms with van der Waals surface area (Å²) in [6.07, 6.45) is 2.24. The molecule has 41 heavy (non-hydrogen) atoms. The SMILES string of the molecule is COc1cccc2[nH]c(C(=O)NC(CC3CC3)C(=O)NC(CN3CCNC3=O)C(=O)C(=O)Nc3ccccc3)cc12. The van der Waals surface area contributed by atoms with E-state index in [4.69, 9.17) is 4.74 Å². The topological polar surface area (TPSA) is 162 Å². The Morgan fingerprint density at radius 1 is 1.02 bits per heavy atom. The lowest BCUT2D eigenvalue weighted by molar-refractivity contribution is -0.137. The van der Waals surface area contributed by atoms with Crippen molar-refractivity contribution in [1.82, 2.24) is 25.8 Å². The summed E-state index contributed by atoms with van der Waals surface area (Å²) in [6, 6.07) is 12.8. The van der Waals surface area contributed by atoms with Crippen molar-refractivity contribution in [1.29, 1.82) is 0 Å². The molecule has 214 valence electrons. The number of para-hydroxylation sites is 1. The van der Waals surface area contributed by atoms with Crippen LogP contribution in [-0.2, 0) is 14.4 Å². The van der Waals surface area contributed by atoms with Crippen LogP contribution in [0.1, 0.15) is 29.8 Å². The summed E-state index contributed by atoms with van der Waals surface area (Å²) in [4.78, 5) is 69.5. The molecule has 0 spiro atoms. The molecule has 1 saturated heterocycles. The lowest BCUT2D eigenvalue weighted by Gasteiger charge is -2.25. The molecule has 2 atom stereocenters. The molecule has 3 aromatic rings. The normalized spacial score (nSPS) is 16.0. The molecule has 12 nitrogen and oxygen atoms in total. The number of Topliss-reactive ketones (excluding diaryl/α,β-unsaturated/α-hetero) is 1. The standard InChI is InChI=1S/C29H32N6O6/c1-41-24-9-5-8-20-19(24)15-22(32-20)27(38)33-21(14-17-10-11-17)26(37)34-23(16-35-13-12-30-29(35)40)25(36)28(39)31-18-6-3-2-4-7-18/h2-9,15,17,21,23,32H,10-14,16H2,1H3,(H,30,40)(H,31,39)(H,33,38)(H,34,37). The number of carbonyl (C=O) groups is 5. The number of aromatic amines is 1. The number of ketones is 1. The molecule has 1 aliphatic carbocycles. The maximum absolute atomic E-state index is 13.5. The van der Waals surface area contributed by atoms with Crippen molar-refractivity contribution < 1.29 is 28.7 Å². The number of anilines is 1. The number of carbonyl (C=O) groups excluding carboxylic acids is 5. The molecule has 2 heterocycles. The molecular weight excluding hydrogens is 528 g/mol. The summed E-state index contributed by atoms with van der Waals surface area (Å²) in [6.45, 7) is 0.523. The van der Waals surface area contributed by atoms with Gasteiger partial charge in [-0.2, -0.15) is 0 Å². The van der Waals surface area contributed by atoms with Crippen LogP contribution < -0.4 is 26.0 Å². The van der Waals surface area contributed by atoms with Gasteiger partial charge in [-0.3, -0.25) is 19.2 Å². The first-order valence-electron chi connectivity index (χ1n) is 13.5. The van der Waals surface area contributed by atoms with Gasteiger partial charge in [-0.15, -0.1) is 0 Å². The number of H-pyrrole nitrogens is 1. The van der Waals surface area contributed by atoms with Crippen molar-refractivity contribution in [3.63, 3.8) is 0 Å². The van der Waals surface area contributed by atoms with Crippen molar-refractivity contribution in [3.8, 4) is 5.75 Å². The van der Waals surface area contributed by atoms with Gasteiger partial charge in [-0.05, 0) is 42.7 Å². The first-order chi connectivity index (χ1) is 19.8. The fraction of sp³-hybridized carbons (Fsp3) is 0.345. The monoisotopic (exact) mass is 560 g/mol. The summed E-state index contributed by atoms with van der Waals surface area (Å²) in [5.41, 5.74) is 1.38. The minimum Gasteiger partial charge on any atom is -0.496 e. The van der Waals surface area contributed by atoms with E-state index in [1.807, 2.05) is 6.07 Å². The molecule has 2 aromatic carbocycles. The van der Waals surface area contributed by atoms with Crippen LogP contribution in [0.15, 0.2) is 54.6 Å². The van der Waals surface area contributed by atoms with E-state index in [1.165, 1.54) is 4.90 Å². The molecule has 1 saturated carbocycles. The molecule has 0 bridgehead atoms. The Labute approximate surface area is 236 Å². The second-order valence-electron chi connectivity index (χ2n) is 10.2. The molecule has 5 rings (SSSR count). The van der Waals surface area contributed by atoms with E-state index in [0.29, 0.717) is 36.5 Å². The van der Waals surface area contributed by atoms with Crippen molar-refractivity contribution in [2.75, 3.05) is 32.1 Å². The number of aromatic nitrogens is 1. The Kier molecular flexibility index (Phi) is 8.18. The largest absolute Gasteiger partial charge is 0.496 e. The number of hydrogen-bond acceptors (Lipinski definition) is 6. The van der Waals surface area contributed by atoms with E-state index in [1.54, 1.807) is 55.6 Å². The zero-order valence-corrected chi connectivity index (χ0v) is 22.6. The van der Waals surface area contributed by atoms with Gasteiger partial charge in [0.25, 0.3) is 11.8 Å². The second kappa shape index (κ2) is 12.1. The number of nitrogens with one attached hydrogen (secondary N) is 5. The number of methoxy groups -OCH3 is 1. The fourth-order valence-corrected chi connectivity index (χ4v) is 4.83. The Hall–Kier alpha value is -4.87. The van der Waals surface area contributed by atoms with Gasteiger partial charge < -0.3 is 35.9 Å². The predicted octanol–water partition coefficient (Wildman–Crippen LogP) is 1.79. The summed E-state index contributed by atoms with van der Waals surface area (Å²) in [5, 5.41) is 11.4. The molecule has 2 aliphatic rings. The minimum absolute atomic E-state index is 0.190. The lowest BCUT2D eigenvalue weighted by atomic mass is 10.1. The number of fused-ring (bicyclic) bond motifs is 1. The molecule has 12 heteroatoms.